The summed E-state index contributed by atoms with van der Waals surface area (Å²) in [6.07, 6.45) is 1.03. The Hall–Kier alpha value is -0.540. The fraction of sp³-hybridized carbons (Fsp3) is 0.200. The summed E-state index contributed by atoms with van der Waals surface area (Å²) in [5, 5.41) is 5.60. The maximum atomic E-state index is 6.22. The van der Waals surface area contributed by atoms with E-state index in [4.69, 9.17) is 34.8 Å². The predicted molar refractivity (Wildman–Crippen MR) is 89.6 cm³/mol. The molecule has 104 valence electrons. The van der Waals surface area contributed by atoms with E-state index in [1.807, 2.05) is 36.0 Å². The maximum Gasteiger partial charge on any atom is 0.0638 e. The third-order valence-electron chi connectivity index (χ3n) is 3.27. The minimum atomic E-state index is 0.209. The Morgan fingerprint density at radius 1 is 1.00 bits per heavy atom. The van der Waals surface area contributed by atoms with Gasteiger partial charge < -0.3 is 5.32 Å². The first-order valence-corrected chi connectivity index (χ1v) is 8.39. The van der Waals surface area contributed by atoms with Crippen LogP contribution in [0.2, 0.25) is 15.1 Å². The van der Waals surface area contributed by atoms with Crippen LogP contribution in [0.3, 0.4) is 0 Å². The number of fused-ring (bicyclic) bond motifs is 1. The molecule has 0 aromatic heterocycles. The summed E-state index contributed by atoms with van der Waals surface area (Å²) in [7, 11) is 0. The second kappa shape index (κ2) is 6.07. The number of hydrogen-bond acceptors (Lipinski definition) is 2. The van der Waals surface area contributed by atoms with Crippen molar-refractivity contribution in [3.05, 3.63) is 57.0 Å². The number of hydrogen-bond donors (Lipinski definition) is 1. The smallest absolute Gasteiger partial charge is 0.0638 e. The van der Waals surface area contributed by atoms with Gasteiger partial charge in [-0.05, 0) is 48.4 Å². The summed E-state index contributed by atoms with van der Waals surface area (Å²) >= 11 is 20.2. The minimum absolute atomic E-state index is 0.209. The molecule has 0 amide bonds. The van der Waals surface area contributed by atoms with Crippen LogP contribution in [-0.2, 0) is 0 Å². The molecule has 0 saturated heterocycles. The Kier molecular flexibility index (Phi) is 4.37. The third kappa shape index (κ3) is 3.04. The molecule has 1 nitrogen and oxygen atoms in total. The molecule has 0 aliphatic carbocycles. The highest BCUT2D eigenvalue weighted by atomic mass is 35.5. The lowest BCUT2D eigenvalue weighted by Gasteiger charge is -2.27. The molecule has 0 radical (unpaired) electrons. The largest absolute Gasteiger partial charge is 0.377 e. The van der Waals surface area contributed by atoms with Gasteiger partial charge in [-0.25, -0.2) is 0 Å². The Morgan fingerprint density at radius 3 is 2.60 bits per heavy atom. The van der Waals surface area contributed by atoms with E-state index in [1.54, 1.807) is 6.07 Å². The highest BCUT2D eigenvalue weighted by Gasteiger charge is 2.21. The van der Waals surface area contributed by atoms with Crippen LogP contribution < -0.4 is 5.32 Å². The van der Waals surface area contributed by atoms with Gasteiger partial charge >= 0.3 is 0 Å². The van der Waals surface area contributed by atoms with Crippen molar-refractivity contribution < 1.29 is 0 Å². The summed E-state index contributed by atoms with van der Waals surface area (Å²) in [4.78, 5) is 1.27. The van der Waals surface area contributed by atoms with E-state index in [9.17, 15) is 0 Å². The van der Waals surface area contributed by atoms with Gasteiger partial charge in [0.25, 0.3) is 0 Å². The van der Waals surface area contributed by atoms with Gasteiger partial charge in [-0.3, -0.25) is 0 Å². The summed E-state index contributed by atoms with van der Waals surface area (Å²) < 4.78 is 0. The molecule has 2 aromatic rings. The third-order valence-corrected chi connectivity index (χ3v) is 5.19. The normalized spacial score (nSPS) is 17.6. The van der Waals surface area contributed by atoms with Crippen molar-refractivity contribution in [1.82, 2.24) is 0 Å². The summed E-state index contributed by atoms with van der Waals surface area (Å²) in [6.45, 7) is 0. The molecule has 1 unspecified atom stereocenters. The second-order valence-electron chi connectivity index (χ2n) is 4.64. The van der Waals surface area contributed by atoms with E-state index in [0.29, 0.717) is 10.0 Å². The number of anilines is 1. The second-order valence-corrected chi connectivity index (χ2v) is 7.06. The molecule has 1 heterocycles. The number of halogens is 3. The van der Waals surface area contributed by atoms with Gasteiger partial charge in [0, 0.05) is 20.7 Å². The van der Waals surface area contributed by atoms with Crippen LogP contribution in [0.25, 0.3) is 0 Å². The van der Waals surface area contributed by atoms with Crippen molar-refractivity contribution in [2.24, 2.45) is 0 Å². The van der Waals surface area contributed by atoms with Crippen LogP contribution in [0, 0.1) is 0 Å². The zero-order valence-corrected chi connectivity index (χ0v) is 13.6. The van der Waals surface area contributed by atoms with Crippen molar-refractivity contribution in [2.75, 3.05) is 11.1 Å². The molecular weight excluding hydrogens is 333 g/mol. The van der Waals surface area contributed by atoms with E-state index >= 15 is 0 Å². The molecule has 0 fully saturated rings. The van der Waals surface area contributed by atoms with Gasteiger partial charge in [0.15, 0.2) is 0 Å². The average Bonchev–Trinajstić information content (AvgIpc) is 2.43. The quantitative estimate of drug-likeness (QED) is 0.686. The fourth-order valence-electron chi connectivity index (χ4n) is 2.31. The summed E-state index contributed by atoms with van der Waals surface area (Å²) in [5.74, 6) is 1.07. The molecule has 0 bridgehead atoms. The van der Waals surface area contributed by atoms with Crippen molar-refractivity contribution in [3.8, 4) is 0 Å². The lowest BCUT2D eigenvalue weighted by atomic mass is 10.0. The standard InChI is InChI=1S/C15H12Cl3NS/c16-9-2-4-15-11(7-9)13(5-6-20-15)19-14-8-10(17)1-3-12(14)18/h1-4,7-8,13,19H,5-6H2. The summed E-state index contributed by atoms with van der Waals surface area (Å²) in [5.41, 5.74) is 2.09. The van der Waals surface area contributed by atoms with Crippen LogP contribution in [0.5, 0.6) is 0 Å². The lowest BCUT2D eigenvalue weighted by molar-refractivity contribution is 0.729. The molecule has 1 aliphatic rings. The van der Waals surface area contributed by atoms with E-state index in [-0.39, 0.29) is 6.04 Å². The Balaban J connectivity index is 1.93. The average molecular weight is 345 g/mol. The molecule has 1 aliphatic heterocycles. The molecule has 0 spiro atoms. The van der Waals surface area contributed by atoms with Gasteiger partial charge in [-0.1, -0.05) is 34.8 Å². The molecule has 1 N–H and O–H groups in total. The maximum absolute atomic E-state index is 6.22. The Morgan fingerprint density at radius 2 is 1.75 bits per heavy atom. The van der Waals surface area contributed by atoms with Crippen LogP contribution in [0.4, 0.5) is 5.69 Å². The highest BCUT2D eigenvalue weighted by molar-refractivity contribution is 7.99. The van der Waals surface area contributed by atoms with Crippen LogP contribution in [0.15, 0.2) is 41.3 Å². The first-order chi connectivity index (χ1) is 9.63. The molecular formula is C15H12Cl3NS. The zero-order chi connectivity index (χ0) is 14.1. The molecule has 2 aromatic carbocycles. The van der Waals surface area contributed by atoms with Crippen LogP contribution in [-0.4, -0.2) is 5.75 Å². The number of benzene rings is 2. The van der Waals surface area contributed by atoms with Gasteiger partial charge in [0.2, 0.25) is 0 Å². The van der Waals surface area contributed by atoms with Gasteiger partial charge in [-0.2, -0.15) is 0 Å². The van der Waals surface area contributed by atoms with Crippen LogP contribution >= 0.6 is 46.6 Å². The Labute approximate surface area is 137 Å². The lowest BCUT2D eigenvalue weighted by Crippen LogP contribution is -2.16. The summed E-state index contributed by atoms with van der Waals surface area (Å²) in [6, 6.07) is 11.7. The molecule has 3 rings (SSSR count). The topological polar surface area (TPSA) is 12.0 Å². The molecule has 5 heteroatoms. The van der Waals surface area contributed by atoms with E-state index in [1.165, 1.54) is 10.5 Å². The molecule has 20 heavy (non-hydrogen) atoms. The predicted octanol–water partition coefficient (Wildman–Crippen LogP) is 6.30. The molecule has 1 atom stereocenters. The van der Waals surface area contributed by atoms with Gasteiger partial charge in [0.05, 0.1) is 16.8 Å². The van der Waals surface area contributed by atoms with Crippen LogP contribution in [0.1, 0.15) is 18.0 Å². The molecule has 0 saturated carbocycles. The minimum Gasteiger partial charge on any atom is -0.377 e. The van der Waals surface area contributed by atoms with E-state index < -0.39 is 0 Å². The van der Waals surface area contributed by atoms with E-state index in [2.05, 4.69) is 11.4 Å². The van der Waals surface area contributed by atoms with Crippen molar-refractivity contribution >= 4 is 52.3 Å². The van der Waals surface area contributed by atoms with Crippen molar-refractivity contribution in [1.29, 1.82) is 0 Å². The van der Waals surface area contributed by atoms with Gasteiger partial charge in [-0.15, -0.1) is 11.8 Å². The fourth-order valence-corrected chi connectivity index (χ4v) is 3.94. The number of thioether (sulfide) groups is 1. The first-order valence-electron chi connectivity index (χ1n) is 6.27. The number of rotatable bonds is 2. The zero-order valence-electron chi connectivity index (χ0n) is 10.5. The monoisotopic (exact) mass is 343 g/mol. The SMILES string of the molecule is Clc1ccc(Cl)c(NC2CCSc3ccc(Cl)cc32)c1. The van der Waals surface area contributed by atoms with E-state index in [0.717, 1.165) is 22.9 Å². The first kappa shape index (κ1) is 14.4. The van der Waals surface area contributed by atoms with Crippen molar-refractivity contribution in [3.63, 3.8) is 0 Å². The van der Waals surface area contributed by atoms with Gasteiger partial charge in [0.1, 0.15) is 0 Å². The van der Waals surface area contributed by atoms with Crippen molar-refractivity contribution in [2.45, 2.75) is 17.4 Å². The Bertz CT molecular complexity index is 645. The number of nitrogens with one attached hydrogen (secondary N) is 1. The highest BCUT2D eigenvalue weighted by Crippen LogP contribution is 2.40.